The number of nitrogens with one attached hydrogen (secondary N) is 1. The zero-order valence-electron chi connectivity index (χ0n) is 11.6. The fourth-order valence-electron chi connectivity index (χ4n) is 2.72. The molecule has 120 valence electrons. The van der Waals surface area contributed by atoms with Crippen LogP contribution >= 0.6 is 0 Å². The Morgan fingerprint density at radius 1 is 1.29 bits per heavy atom. The highest BCUT2D eigenvalue weighted by Crippen LogP contribution is 2.43. The largest absolute Gasteiger partial charge is 0.481 e. The van der Waals surface area contributed by atoms with Crippen molar-refractivity contribution in [3.05, 3.63) is 0 Å². The average molecular weight is 308 g/mol. The van der Waals surface area contributed by atoms with Crippen molar-refractivity contribution in [2.45, 2.75) is 50.7 Å². The van der Waals surface area contributed by atoms with Gasteiger partial charge in [-0.2, -0.15) is 13.2 Å². The van der Waals surface area contributed by atoms with Crippen molar-refractivity contribution in [1.29, 1.82) is 0 Å². The fourth-order valence-corrected chi connectivity index (χ4v) is 2.72. The van der Waals surface area contributed by atoms with Crippen LogP contribution in [0.1, 0.15) is 38.5 Å². The van der Waals surface area contributed by atoms with E-state index >= 15 is 0 Å². The Morgan fingerprint density at radius 2 is 1.90 bits per heavy atom. The molecule has 5 nitrogen and oxygen atoms in total. The van der Waals surface area contributed by atoms with Crippen LogP contribution < -0.4 is 5.32 Å². The number of carboxylic acids is 1. The normalized spacial score (nSPS) is 20.5. The maximum Gasteiger partial charge on any atom is 0.406 e. The molecule has 0 spiro atoms. The van der Waals surface area contributed by atoms with E-state index < -0.39 is 30.1 Å². The van der Waals surface area contributed by atoms with Crippen molar-refractivity contribution in [3.63, 3.8) is 0 Å². The first-order chi connectivity index (χ1) is 9.71. The summed E-state index contributed by atoms with van der Waals surface area (Å²) in [6, 6.07) is -1.09. The maximum absolute atomic E-state index is 12.5. The second-order valence-corrected chi connectivity index (χ2v) is 6.06. The molecule has 0 saturated heterocycles. The van der Waals surface area contributed by atoms with Gasteiger partial charge in [0.15, 0.2) is 0 Å². The minimum atomic E-state index is -4.42. The van der Waals surface area contributed by atoms with Crippen molar-refractivity contribution < 1.29 is 27.9 Å². The summed E-state index contributed by atoms with van der Waals surface area (Å²) < 4.78 is 37.4. The molecule has 0 aromatic heterocycles. The average Bonchev–Trinajstić information content (AvgIpc) is 3.11. The fraction of sp³-hybridized carbons (Fsp3) is 0.846. The molecular formula is C13H19F3N2O3. The van der Waals surface area contributed by atoms with Crippen LogP contribution in [0.3, 0.4) is 0 Å². The highest BCUT2D eigenvalue weighted by Gasteiger charge is 2.43. The first-order valence-electron chi connectivity index (χ1n) is 7.04. The summed E-state index contributed by atoms with van der Waals surface area (Å²) in [5.74, 6) is -0.946. The predicted molar refractivity (Wildman–Crippen MR) is 67.7 cm³/mol. The molecule has 2 aliphatic carbocycles. The molecule has 0 aromatic rings. The number of carbonyl (C=O) groups is 2. The molecule has 2 N–H and O–H groups in total. The van der Waals surface area contributed by atoms with E-state index in [2.05, 4.69) is 5.32 Å². The maximum atomic E-state index is 12.5. The molecule has 0 bridgehead atoms. The standard InChI is InChI=1S/C13H19F3N2O3/c14-13(15,16)8-18(9-2-3-9)11(21)17-7-12(4-1-5-12)6-10(19)20/h9H,1-8H2,(H,17,21)(H,19,20). The summed E-state index contributed by atoms with van der Waals surface area (Å²) in [4.78, 5) is 23.6. The van der Waals surface area contributed by atoms with E-state index in [4.69, 9.17) is 5.11 Å². The van der Waals surface area contributed by atoms with Crippen molar-refractivity contribution in [1.82, 2.24) is 10.2 Å². The van der Waals surface area contributed by atoms with Gasteiger partial charge in [-0.05, 0) is 31.1 Å². The van der Waals surface area contributed by atoms with Crippen molar-refractivity contribution in [2.75, 3.05) is 13.1 Å². The summed E-state index contributed by atoms with van der Waals surface area (Å²) in [7, 11) is 0. The van der Waals surface area contributed by atoms with Crippen LogP contribution in [0.15, 0.2) is 0 Å². The van der Waals surface area contributed by atoms with E-state index in [1.165, 1.54) is 0 Å². The van der Waals surface area contributed by atoms with Crippen LogP contribution in [-0.4, -0.2) is 47.3 Å². The number of aliphatic carboxylic acids is 1. The van der Waals surface area contributed by atoms with Gasteiger partial charge in [0.25, 0.3) is 0 Å². The van der Waals surface area contributed by atoms with Gasteiger partial charge in [-0.1, -0.05) is 6.42 Å². The third-order valence-electron chi connectivity index (χ3n) is 4.15. The molecule has 2 amide bonds. The topological polar surface area (TPSA) is 69.6 Å². The summed E-state index contributed by atoms with van der Waals surface area (Å²) in [5.41, 5.74) is -0.491. The highest BCUT2D eigenvalue weighted by atomic mass is 19.4. The monoisotopic (exact) mass is 308 g/mol. The molecule has 0 atom stereocenters. The number of nitrogens with zero attached hydrogens (tertiary/aromatic N) is 1. The van der Waals surface area contributed by atoms with Gasteiger partial charge in [0.1, 0.15) is 6.54 Å². The number of hydrogen-bond donors (Lipinski definition) is 2. The van der Waals surface area contributed by atoms with Crippen LogP contribution in [0.4, 0.5) is 18.0 Å². The summed E-state index contributed by atoms with van der Waals surface area (Å²) in [6.07, 6.45) is -1.05. The van der Waals surface area contributed by atoms with Gasteiger partial charge in [-0.15, -0.1) is 0 Å². The van der Waals surface area contributed by atoms with E-state index in [1.54, 1.807) is 0 Å². The molecule has 8 heteroatoms. The molecule has 0 aliphatic heterocycles. The van der Waals surface area contributed by atoms with Crippen LogP contribution in [0.2, 0.25) is 0 Å². The van der Waals surface area contributed by atoms with E-state index in [1.807, 2.05) is 0 Å². The van der Waals surface area contributed by atoms with Gasteiger partial charge in [0.2, 0.25) is 0 Å². The lowest BCUT2D eigenvalue weighted by atomic mass is 9.66. The smallest absolute Gasteiger partial charge is 0.406 e. The van der Waals surface area contributed by atoms with Crippen LogP contribution in [0.5, 0.6) is 0 Å². The number of carbonyl (C=O) groups excluding carboxylic acids is 1. The van der Waals surface area contributed by atoms with Gasteiger partial charge in [-0.25, -0.2) is 4.79 Å². The molecule has 2 fully saturated rings. The third kappa shape index (κ3) is 4.50. The van der Waals surface area contributed by atoms with Crippen LogP contribution in [0.25, 0.3) is 0 Å². The molecule has 2 saturated carbocycles. The van der Waals surface area contributed by atoms with E-state index in [9.17, 15) is 22.8 Å². The first kappa shape index (κ1) is 15.9. The zero-order valence-corrected chi connectivity index (χ0v) is 11.6. The highest BCUT2D eigenvalue weighted by molar-refractivity contribution is 5.75. The molecule has 0 unspecified atom stereocenters. The lowest BCUT2D eigenvalue weighted by molar-refractivity contribution is -0.141. The predicted octanol–water partition coefficient (Wildman–Crippen LogP) is 2.37. The Hall–Kier alpha value is -1.47. The Morgan fingerprint density at radius 3 is 2.29 bits per heavy atom. The van der Waals surface area contributed by atoms with Gasteiger partial charge in [0.05, 0.1) is 6.42 Å². The Labute approximate surface area is 120 Å². The van der Waals surface area contributed by atoms with Gasteiger partial charge in [0, 0.05) is 12.6 Å². The number of carboxylic acid groups (broad SMARTS) is 1. The van der Waals surface area contributed by atoms with Gasteiger partial charge >= 0.3 is 18.2 Å². The van der Waals surface area contributed by atoms with Crippen LogP contribution in [-0.2, 0) is 4.79 Å². The molecule has 0 radical (unpaired) electrons. The number of halogens is 3. The number of alkyl halides is 3. The minimum absolute atomic E-state index is 0.0595. The van der Waals surface area contributed by atoms with Crippen molar-refractivity contribution in [3.8, 4) is 0 Å². The quantitative estimate of drug-likeness (QED) is 0.791. The van der Waals surface area contributed by atoms with Crippen molar-refractivity contribution >= 4 is 12.0 Å². The number of amides is 2. The Kier molecular flexibility index (Phi) is 4.34. The first-order valence-corrected chi connectivity index (χ1v) is 7.04. The van der Waals surface area contributed by atoms with E-state index in [0.717, 1.165) is 11.3 Å². The second-order valence-electron chi connectivity index (χ2n) is 6.06. The van der Waals surface area contributed by atoms with Crippen LogP contribution in [0, 0.1) is 5.41 Å². The third-order valence-corrected chi connectivity index (χ3v) is 4.15. The number of hydrogen-bond acceptors (Lipinski definition) is 2. The molecule has 0 aromatic carbocycles. The SMILES string of the molecule is O=C(O)CC1(CNC(=O)N(CC(F)(F)F)C2CC2)CCC1. The Balaban J connectivity index is 1.88. The molecule has 2 aliphatic rings. The van der Waals surface area contributed by atoms with E-state index in [-0.39, 0.29) is 19.0 Å². The molecule has 21 heavy (non-hydrogen) atoms. The minimum Gasteiger partial charge on any atom is -0.481 e. The molecular weight excluding hydrogens is 289 g/mol. The number of rotatable bonds is 6. The lowest BCUT2D eigenvalue weighted by Gasteiger charge is -2.41. The Bertz CT molecular complexity index is 417. The molecule has 0 heterocycles. The molecule has 2 rings (SSSR count). The zero-order chi connectivity index (χ0) is 15.7. The van der Waals surface area contributed by atoms with Gasteiger partial charge in [-0.3, -0.25) is 4.79 Å². The van der Waals surface area contributed by atoms with Gasteiger partial charge < -0.3 is 15.3 Å². The van der Waals surface area contributed by atoms with Crippen molar-refractivity contribution in [2.24, 2.45) is 5.41 Å². The summed E-state index contributed by atoms with van der Waals surface area (Å²) in [6.45, 7) is -1.13. The van der Waals surface area contributed by atoms with E-state index in [0.29, 0.717) is 25.7 Å². The lowest BCUT2D eigenvalue weighted by Crippen LogP contribution is -2.50. The summed E-state index contributed by atoms with van der Waals surface area (Å²) >= 11 is 0. The summed E-state index contributed by atoms with van der Waals surface area (Å²) in [5, 5.41) is 11.4. The second kappa shape index (κ2) is 5.73. The number of urea groups is 1.